The van der Waals surface area contributed by atoms with Gasteiger partial charge in [-0.2, -0.15) is 0 Å². The Morgan fingerprint density at radius 3 is 1.90 bits per heavy atom. The number of rotatable bonds is 29. The van der Waals surface area contributed by atoms with Gasteiger partial charge in [-0.15, -0.1) is 0 Å². The van der Waals surface area contributed by atoms with E-state index < -0.39 is 13.9 Å². The molecule has 0 heterocycles. The summed E-state index contributed by atoms with van der Waals surface area (Å²) >= 11 is 0. The Morgan fingerprint density at radius 1 is 0.857 bits per heavy atom. The molecule has 0 saturated carbocycles. The number of hydrogen-bond donors (Lipinski definition) is 2. The van der Waals surface area contributed by atoms with Gasteiger partial charge in [-0.25, -0.2) is 4.57 Å². The van der Waals surface area contributed by atoms with Crippen LogP contribution in [0.4, 0.5) is 0 Å². The van der Waals surface area contributed by atoms with Crippen LogP contribution in [0.3, 0.4) is 0 Å². The van der Waals surface area contributed by atoms with Gasteiger partial charge in [0.15, 0.2) is 0 Å². The number of carbonyl (C=O) groups excluding carboxylic acids is 1. The monoisotopic (exact) mass is 611 g/mol. The summed E-state index contributed by atoms with van der Waals surface area (Å²) in [5, 5.41) is 0. The van der Waals surface area contributed by atoms with Gasteiger partial charge in [0, 0.05) is 19.4 Å². The molecule has 0 aromatic heterocycles. The number of para-hydroxylation sites is 1. The van der Waals surface area contributed by atoms with Gasteiger partial charge in [0.25, 0.3) is 0 Å². The lowest BCUT2D eigenvalue weighted by Crippen LogP contribution is -2.21. The molecule has 0 radical (unpaired) electrons. The van der Waals surface area contributed by atoms with Crippen molar-refractivity contribution in [2.24, 2.45) is 11.7 Å². The molecule has 3 atom stereocenters. The van der Waals surface area contributed by atoms with Crippen LogP contribution in [0.15, 0.2) is 24.3 Å². The maximum absolute atomic E-state index is 12.3. The number of ketones is 1. The van der Waals surface area contributed by atoms with Gasteiger partial charge >= 0.3 is 7.82 Å². The molecule has 0 fully saturated rings. The van der Waals surface area contributed by atoms with Crippen molar-refractivity contribution in [3.05, 3.63) is 29.8 Å². The van der Waals surface area contributed by atoms with Crippen LogP contribution in [0.2, 0.25) is 0 Å². The first-order chi connectivity index (χ1) is 20.3. The molecule has 0 amide bonds. The second kappa shape index (κ2) is 25.1. The molecule has 0 aliphatic heterocycles. The van der Waals surface area contributed by atoms with Crippen LogP contribution in [0, 0.1) is 5.92 Å². The fourth-order valence-electron chi connectivity index (χ4n) is 5.11. The van der Waals surface area contributed by atoms with Crippen molar-refractivity contribution in [2.45, 2.75) is 149 Å². The average Bonchev–Trinajstić information content (AvgIpc) is 2.97. The molecule has 42 heavy (non-hydrogen) atoms. The molecule has 7 nitrogen and oxygen atoms in total. The van der Waals surface area contributed by atoms with E-state index in [4.69, 9.17) is 19.5 Å². The Balaban J connectivity index is 2.30. The van der Waals surface area contributed by atoms with E-state index in [9.17, 15) is 14.3 Å². The average molecular weight is 612 g/mol. The second-order valence-electron chi connectivity index (χ2n) is 11.8. The van der Waals surface area contributed by atoms with E-state index in [2.05, 4.69) is 6.92 Å². The third-order valence-corrected chi connectivity index (χ3v) is 8.87. The highest BCUT2D eigenvalue weighted by molar-refractivity contribution is 7.47. The van der Waals surface area contributed by atoms with Crippen molar-refractivity contribution in [1.82, 2.24) is 0 Å². The van der Waals surface area contributed by atoms with E-state index in [1.54, 1.807) is 6.92 Å². The maximum atomic E-state index is 12.3. The number of phosphoric acid groups is 1. The minimum absolute atomic E-state index is 0.0652. The van der Waals surface area contributed by atoms with Crippen LogP contribution in [0.1, 0.15) is 142 Å². The molecule has 1 rings (SSSR count). The van der Waals surface area contributed by atoms with Crippen LogP contribution in [-0.2, 0) is 24.8 Å². The van der Waals surface area contributed by atoms with E-state index in [-0.39, 0.29) is 31.3 Å². The third kappa shape index (κ3) is 20.6. The highest BCUT2D eigenvalue weighted by atomic mass is 31.2. The van der Waals surface area contributed by atoms with E-state index >= 15 is 0 Å². The molecule has 0 spiro atoms. The zero-order valence-electron chi connectivity index (χ0n) is 27.0. The van der Waals surface area contributed by atoms with Crippen molar-refractivity contribution >= 4 is 13.6 Å². The quantitative estimate of drug-likeness (QED) is 0.0686. The summed E-state index contributed by atoms with van der Waals surface area (Å²) in [7, 11) is -4.26. The highest BCUT2D eigenvalue weighted by Crippen LogP contribution is 2.45. The third-order valence-electron chi connectivity index (χ3n) is 7.77. The zero-order chi connectivity index (χ0) is 30.9. The number of Topliss-reactive ketones (excluding diaryl/α,β-unsaturated/α-hetero) is 1. The molecule has 0 bridgehead atoms. The Kier molecular flexibility index (Phi) is 23.2. The van der Waals surface area contributed by atoms with Gasteiger partial charge < -0.3 is 15.4 Å². The largest absolute Gasteiger partial charge is 0.493 e. The summed E-state index contributed by atoms with van der Waals surface area (Å²) in [5.74, 6) is 0.613. The molecule has 0 aliphatic carbocycles. The van der Waals surface area contributed by atoms with Crippen LogP contribution in [0.25, 0.3) is 0 Å². The summed E-state index contributed by atoms with van der Waals surface area (Å²) in [4.78, 5) is 22.3. The van der Waals surface area contributed by atoms with Crippen LogP contribution in [-0.4, -0.2) is 36.5 Å². The Morgan fingerprint density at radius 2 is 1.38 bits per heavy atom. The molecule has 1 aromatic carbocycles. The standard InChI is InChI=1S/C34H62NO6P/c1-4-6-7-8-9-10-11-12-13-14-15-16-17-18-19-22-25-39-34-24-21-20-23-32(34)26-31(27-33(36)5-2)29-40-42(37,38)41-30(3)28-35/h20-21,23-24,30-31H,4-19,22,25-29,35H2,1-3H3,(H,37,38). The molecule has 3 N–H and O–H groups in total. The number of hydrogen-bond acceptors (Lipinski definition) is 6. The fourth-order valence-corrected chi connectivity index (χ4v) is 6.11. The second-order valence-corrected chi connectivity index (χ2v) is 13.2. The van der Waals surface area contributed by atoms with Crippen molar-refractivity contribution in [1.29, 1.82) is 0 Å². The number of ether oxygens (including phenoxy) is 1. The summed E-state index contributed by atoms with van der Waals surface area (Å²) in [6, 6.07) is 7.82. The predicted molar refractivity (Wildman–Crippen MR) is 174 cm³/mol. The predicted octanol–water partition coefficient (Wildman–Crippen LogP) is 9.34. The zero-order valence-corrected chi connectivity index (χ0v) is 27.9. The summed E-state index contributed by atoms with van der Waals surface area (Å²) < 4.78 is 28.7. The first kappa shape index (κ1) is 38.8. The normalized spacial score (nSPS) is 14.4. The lowest BCUT2D eigenvalue weighted by Gasteiger charge is -2.21. The molecular formula is C34H62NO6P. The number of benzene rings is 1. The number of phosphoric ester groups is 1. The maximum Gasteiger partial charge on any atom is 0.472 e. The van der Waals surface area contributed by atoms with E-state index in [1.807, 2.05) is 31.2 Å². The smallest absolute Gasteiger partial charge is 0.472 e. The van der Waals surface area contributed by atoms with Crippen LogP contribution < -0.4 is 10.5 Å². The van der Waals surface area contributed by atoms with Gasteiger partial charge in [0.05, 0.1) is 19.3 Å². The van der Waals surface area contributed by atoms with Gasteiger partial charge in [-0.1, -0.05) is 128 Å². The molecule has 8 heteroatoms. The Hall–Kier alpha value is -1.24. The van der Waals surface area contributed by atoms with E-state index in [0.717, 1.165) is 24.2 Å². The van der Waals surface area contributed by atoms with Gasteiger partial charge in [0.2, 0.25) is 0 Å². The summed E-state index contributed by atoms with van der Waals surface area (Å²) in [6.07, 6.45) is 22.0. The lowest BCUT2D eigenvalue weighted by atomic mass is 9.94. The first-order valence-electron chi connectivity index (χ1n) is 16.9. The molecule has 3 unspecified atom stereocenters. The molecule has 1 aromatic rings. The first-order valence-corrected chi connectivity index (χ1v) is 18.4. The van der Waals surface area contributed by atoms with Crippen molar-refractivity contribution in [2.75, 3.05) is 19.8 Å². The van der Waals surface area contributed by atoms with Crippen molar-refractivity contribution in [3.8, 4) is 5.75 Å². The van der Waals surface area contributed by atoms with Crippen molar-refractivity contribution in [3.63, 3.8) is 0 Å². The van der Waals surface area contributed by atoms with Crippen molar-refractivity contribution < 1.29 is 28.0 Å². The van der Waals surface area contributed by atoms with E-state index in [0.29, 0.717) is 19.4 Å². The lowest BCUT2D eigenvalue weighted by molar-refractivity contribution is -0.120. The van der Waals surface area contributed by atoms with Gasteiger partial charge in [-0.05, 0) is 37.3 Å². The molecule has 244 valence electrons. The van der Waals surface area contributed by atoms with Crippen LogP contribution in [0.5, 0.6) is 5.75 Å². The van der Waals surface area contributed by atoms with Gasteiger partial charge in [0.1, 0.15) is 11.5 Å². The van der Waals surface area contributed by atoms with Crippen LogP contribution >= 0.6 is 7.82 Å². The minimum atomic E-state index is -4.26. The highest BCUT2D eigenvalue weighted by Gasteiger charge is 2.27. The molecule has 0 saturated heterocycles. The van der Waals surface area contributed by atoms with E-state index in [1.165, 1.54) is 89.9 Å². The summed E-state index contributed by atoms with van der Waals surface area (Å²) in [6.45, 7) is 6.40. The molecule has 0 aliphatic rings. The number of unbranched alkanes of at least 4 members (excludes halogenated alkanes) is 15. The Bertz CT molecular complexity index is 851. The summed E-state index contributed by atoms with van der Waals surface area (Å²) in [5.41, 5.74) is 6.46. The number of nitrogens with two attached hydrogens (primary N) is 1. The fraction of sp³-hybridized carbons (Fsp3) is 0.794. The number of carbonyl (C=O) groups is 1. The minimum Gasteiger partial charge on any atom is -0.493 e. The van der Waals surface area contributed by atoms with Gasteiger partial charge in [-0.3, -0.25) is 13.8 Å². The molecular weight excluding hydrogens is 549 g/mol. The SMILES string of the molecule is CCCCCCCCCCCCCCCCCCOc1ccccc1CC(COP(=O)(O)OC(C)CN)CC(=O)CC. The topological polar surface area (TPSA) is 108 Å². The Labute approximate surface area is 257 Å².